The summed E-state index contributed by atoms with van der Waals surface area (Å²) in [6, 6.07) is 0. The van der Waals surface area contributed by atoms with E-state index in [1.54, 1.807) is 96.9 Å². The van der Waals surface area contributed by atoms with Crippen molar-refractivity contribution in [2.24, 2.45) is 11.8 Å². The van der Waals surface area contributed by atoms with Gasteiger partial charge in [0, 0.05) is 5.92 Å². The van der Waals surface area contributed by atoms with Gasteiger partial charge in [0.2, 0.25) is 0 Å². The van der Waals surface area contributed by atoms with Crippen LogP contribution in [0.15, 0.2) is 12.7 Å². The second-order valence-corrected chi connectivity index (χ2v) is 21.3. The van der Waals surface area contributed by atoms with Gasteiger partial charge in [0.05, 0.1) is 19.1 Å². The first-order valence-electron chi connectivity index (χ1n) is 17.7. The summed E-state index contributed by atoms with van der Waals surface area (Å²) in [6.07, 6.45) is -1.74. The molecule has 0 radical (unpaired) electrons. The molecule has 2 aliphatic carbocycles. The van der Waals surface area contributed by atoms with Crippen molar-refractivity contribution in [3.63, 3.8) is 0 Å². The summed E-state index contributed by atoms with van der Waals surface area (Å²) < 4.78 is 100. The van der Waals surface area contributed by atoms with Gasteiger partial charge in [-0.05, 0) is 110 Å². The Bertz CT molecular complexity index is 1640. The molecule has 0 aromatic heterocycles. The van der Waals surface area contributed by atoms with E-state index in [9.17, 15) is 33.6 Å². The van der Waals surface area contributed by atoms with Gasteiger partial charge in [-0.1, -0.05) is 13.5 Å². The van der Waals surface area contributed by atoms with Crippen LogP contribution in [0, 0.1) is 11.8 Å². The molecule has 4 amide bonds. The number of hydrogen-bond acceptors (Lipinski definition) is 21. The number of ether oxygens (including phenoxy) is 6. The minimum absolute atomic E-state index is 0. The number of hydrogen-bond donors (Lipinski definition) is 0. The molecular weight excluding hydrogens is 1180 g/mol. The second-order valence-electron chi connectivity index (χ2n) is 16.6. The Morgan fingerprint density at radius 2 is 0.841 bits per heavy atom. The van der Waals surface area contributed by atoms with Crippen molar-refractivity contribution in [3.8, 4) is 0 Å². The van der Waals surface area contributed by atoms with Gasteiger partial charge in [-0.15, -0.1) is 6.58 Å². The minimum atomic E-state index is -6.06. The molecule has 0 heterocycles. The molecule has 2 rings (SSSR count). The van der Waals surface area contributed by atoms with Gasteiger partial charge in [-0.2, -0.15) is 9.80 Å². The first-order valence-corrected chi connectivity index (χ1v) is 25.4. The third-order valence-corrected chi connectivity index (χ3v) is 6.78. The van der Waals surface area contributed by atoms with Crippen molar-refractivity contribution < 1.29 is 207 Å². The van der Waals surface area contributed by atoms with Crippen LogP contribution in [0.25, 0.3) is 0 Å². The van der Waals surface area contributed by atoms with Crippen LogP contribution in [0.3, 0.4) is 0 Å². The van der Waals surface area contributed by atoms with Crippen LogP contribution in [0.5, 0.6) is 0 Å². The average Bonchev–Trinajstić information content (AvgIpc) is 3.87. The fourth-order valence-corrected chi connectivity index (χ4v) is 4.70. The van der Waals surface area contributed by atoms with E-state index >= 15 is 0 Å². The first kappa shape index (κ1) is 70.9. The number of carbonyl (C=O) groups is 7. The third kappa shape index (κ3) is 28.0. The van der Waals surface area contributed by atoms with Gasteiger partial charge in [-0.25, -0.2) is 28.8 Å². The molecule has 0 unspecified atom stereocenters. The monoisotopic (exact) mass is 1240 g/mol. The van der Waals surface area contributed by atoms with E-state index in [0.29, 0.717) is 11.2 Å². The number of rotatable bonds is 8. The number of halogens is 1. The van der Waals surface area contributed by atoms with E-state index < -0.39 is 117 Å². The summed E-state index contributed by atoms with van der Waals surface area (Å²) in [5.41, 5.74) is -6.68. The molecule has 63 heavy (non-hydrogen) atoms. The number of aldehydes is 1. The Hall–Kier alpha value is -1.13. The zero-order valence-corrected chi connectivity index (χ0v) is 47.9. The van der Waals surface area contributed by atoms with Crippen LogP contribution >= 0.6 is 0 Å². The summed E-state index contributed by atoms with van der Waals surface area (Å²) >= 11 is -12.0. The van der Waals surface area contributed by atoms with Gasteiger partial charge in [-0.3, -0.25) is 13.7 Å². The standard InChI is InChI=1S/C18H29NO6.C17H27NO7.CH4.IO4.K.Na.4O.Os.H/c1-9-12-11-18(12,13(20)23-10-2)19(14(21)24-16(3,4)5)15(22)25-17(6,7)8;1-8-23-12(20)17(9-11(17)10-19)18(13(21)24-15(2,3)4)14(22)25-16(5,6)7;;2-1(3,4)5;;;;;;;;/h9,12H,1,10-11H2,2-8H3;10-11H,8-9H2,1-7H3;1H4;;;;;;;;;/q;;;-1;2*+1;;;;;;-1/t12-,18-;11-,17+;;;;;;;;;;/m10........../s1. The summed E-state index contributed by atoms with van der Waals surface area (Å²) in [5, 5.41) is 0. The quantitative estimate of drug-likeness (QED) is 0.0544. The predicted octanol–water partition coefficient (Wildman–Crippen LogP) is -7.13. The number of carbonyl (C=O) groups excluding carboxylic acids is 7. The van der Waals surface area contributed by atoms with Crippen LogP contribution in [0.4, 0.5) is 19.2 Å². The number of esters is 2. The summed E-state index contributed by atoms with van der Waals surface area (Å²) in [7, 11) is 0. The number of imide groups is 2. The average molecular weight is 1240 g/mol. The molecular formula is C36H61IKN2NaO21Os. The SMILES string of the molecule is C.C=C[C@@H]1C[C@@]1(C(=O)OCC)N(C(=O)OC(C)(C)C)C(=O)OC(C)(C)C.CCOC(=O)[C@@]1(N(C(=O)OC(C)(C)C)C(=O)OC(C)(C)C)C[C@H]1C=O.[H-].[K+].[Na+].[O-][I+3]([O-])([O-])[O-].[O]=[Os](=[O])(=[O])=[O]. The van der Waals surface area contributed by atoms with Crippen LogP contribution in [-0.4, -0.2) is 99.1 Å². The van der Waals surface area contributed by atoms with Crippen molar-refractivity contribution in [2.75, 3.05) is 13.2 Å². The van der Waals surface area contributed by atoms with Crippen LogP contribution in [0.2, 0.25) is 0 Å². The predicted molar refractivity (Wildman–Crippen MR) is 190 cm³/mol. The Balaban J connectivity index is -0.000000206. The number of amides is 4. The maximum absolute atomic E-state index is 12.7. The molecule has 2 aliphatic rings. The molecule has 2 saturated carbocycles. The Labute approximate surface area is 442 Å². The topological polar surface area (TPSA) is 342 Å². The van der Waals surface area contributed by atoms with Crippen LogP contribution in [0.1, 0.15) is 119 Å². The molecule has 0 spiro atoms. The van der Waals surface area contributed by atoms with E-state index in [1.165, 1.54) is 6.08 Å². The molecule has 27 heteroatoms. The fraction of sp³-hybridized carbons (Fsp3) is 0.750. The van der Waals surface area contributed by atoms with E-state index in [4.69, 9.17) is 56.3 Å². The van der Waals surface area contributed by atoms with Gasteiger partial charge in [0.1, 0.15) is 48.8 Å². The Kier molecular flexibility index (Phi) is 31.1. The molecule has 0 N–H and O–H groups in total. The van der Waals surface area contributed by atoms with Crippen LogP contribution in [-0.2, 0) is 71.8 Å². The van der Waals surface area contributed by atoms with E-state index in [0.717, 1.165) is 4.90 Å². The molecule has 0 aromatic rings. The zero-order chi connectivity index (χ0) is 48.3. The van der Waals surface area contributed by atoms with Gasteiger partial charge in [0.25, 0.3) is 0 Å². The van der Waals surface area contributed by atoms with Crippen molar-refractivity contribution in [1.82, 2.24) is 9.80 Å². The first-order chi connectivity index (χ1) is 26.6. The van der Waals surface area contributed by atoms with Gasteiger partial charge >= 0.3 is 146 Å². The molecule has 4 atom stereocenters. The molecule has 0 bridgehead atoms. The molecule has 358 valence electrons. The molecule has 0 aromatic carbocycles. The Morgan fingerprint density at radius 1 is 0.635 bits per heavy atom. The molecule has 0 saturated heterocycles. The van der Waals surface area contributed by atoms with E-state index in [1.807, 2.05) is 0 Å². The summed E-state index contributed by atoms with van der Waals surface area (Å²) in [4.78, 5) is 88.2. The summed E-state index contributed by atoms with van der Waals surface area (Å²) in [6.45, 7) is 26.9. The van der Waals surface area contributed by atoms with Crippen LogP contribution < -0.4 is 115 Å². The fourth-order valence-electron chi connectivity index (χ4n) is 4.70. The summed E-state index contributed by atoms with van der Waals surface area (Å²) in [5.74, 6) is -2.77. The molecule has 2 fully saturated rings. The van der Waals surface area contributed by atoms with Crippen molar-refractivity contribution in [2.45, 2.75) is 151 Å². The zero-order valence-electron chi connectivity index (χ0n) is 39.0. The molecule has 0 aliphatic heterocycles. The van der Waals surface area contributed by atoms with Crippen molar-refractivity contribution in [1.29, 1.82) is 0 Å². The molecule has 23 nitrogen and oxygen atoms in total. The normalized spacial score (nSPS) is 19.8. The second kappa shape index (κ2) is 27.6. The van der Waals surface area contributed by atoms with Gasteiger partial charge < -0.3 is 34.6 Å². The Morgan fingerprint density at radius 3 is 0.984 bits per heavy atom. The van der Waals surface area contributed by atoms with Gasteiger partial charge in [0.15, 0.2) is 11.1 Å². The van der Waals surface area contributed by atoms with E-state index in [-0.39, 0.29) is 116 Å². The van der Waals surface area contributed by atoms with E-state index in [2.05, 4.69) is 6.58 Å². The third-order valence-electron chi connectivity index (χ3n) is 6.78. The maximum atomic E-state index is 12.7. The number of nitrogens with zero attached hydrogens (tertiary/aromatic N) is 2. The van der Waals surface area contributed by atoms with Crippen molar-refractivity contribution >= 4 is 42.6 Å². The van der Waals surface area contributed by atoms with Crippen molar-refractivity contribution in [3.05, 3.63) is 12.7 Å².